The van der Waals surface area contributed by atoms with Crippen LogP contribution in [-0.4, -0.2) is 202 Å². The van der Waals surface area contributed by atoms with Crippen LogP contribution in [0.3, 0.4) is 0 Å². The molecular formula is C102H120N12O17S3. The number of thiazole rings is 3. The summed E-state index contributed by atoms with van der Waals surface area (Å²) in [5.41, 5.74) is 17.7. The topological polar surface area (TPSA) is 399 Å². The third-order valence-electron chi connectivity index (χ3n) is 25.6. The van der Waals surface area contributed by atoms with Crippen molar-refractivity contribution in [3.05, 3.63) is 237 Å². The van der Waals surface area contributed by atoms with Crippen molar-refractivity contribution in [2.75, 3.05) is 26.2 Å². The summed E-state index contributed by atoms with van der Waals surface area (Å²) in [7, 11) is 0. The predicted molar refractivity (Wildman–Crippen MR) is 507 cm³/mol. The molecule has 4 aromatic carbocycles. The van der Waals surface area contributed by atoms with E-state index in [-0.39, 0.29) is 128 Å². The fraction of sp³-hybridized carbons (Fsp3) is 0.451. The largest absolute Gasteiger partial charge is 0.444 e. The molecule has 16 rings (SSSR count). The number of rotatable bonds is 32. The first-order chi connectivity index (χ1) is 64.2. The molecule has 4 saturated heterocycles. The van der Waals surface area contributed by atoms with Crippen LogP contribution < -0.4 is 0 Å². The summed E-state index contributed by atoms with van der Waals surface area (Å²) in [4.78, 5) is 133. The van der Waals surface area contributed by atoms with Crippen LogP contribution in [0.25, 0.3) is 42.6 Å². The van der Waals surface area contributed by atoms with Crippen LogP contribution in [0.5, 0.6) is 0 Å². The minimum absolute atomic E-state index is 0.00148. The van der Waals surface area contributed by atoms with Gasteiger partial charge in [0.25, 0.3) is 0 Å². The Labute approximate surface area is 792 Å². The monoisotopic (exact) mass is 1880 g/mol. The number of amides is 4. The van der Waals surface area contributed by atoms with Crippen molar-refractivity contribution in [1.82, 2.24) is 60.2 Å². The number of ketones is 4. The maximum atomic E-state index is 13.6. The highest BCUT2D eigenvalue weighted by atomic mass is 32.1. The maximum absolute atomic E-state index is 13.6. The molecule has 0 aliphatic carbocycles. The number of β-amino-alcohol motifs (C(OH)–C–C–N with tert-alkyl or cyclic N) is 4. The molecule has 134 heavy (non-hydrogen) atoms. The molecule has 4 amide bonds. The van der Waals surface area contributed by atoms with Gasteiger partial charge in [0.05, 0.1) is 126 Å². The number of nitrogens with zero attached hydrogens (tertiary/aromatic N) is 12. The number of Topliss-reactive ketones (excluding diaryl/α,β-unsaturated/α-hetero) is 4. The van der Waals surface area contributed by atoms with Crippen LogP contribution in [0.2, 0.25) is 0 Å². The molecule has 4 N–H and O–H groups in total. The van der Waals surface area contributed by atoms with E-state index in [1.165, 1.54) is 11.3 Å². The SMILES string of the molecule is CC[C@@H](C(=O)N1C[C@H](O)C[C@H]1C(=O)CCc1ccc(-c2cnco2)cc1)c1cc(C)no1.CC[C@@H](C(=O)N1C[C@H](O)C[C@H]1C(=O)C[C@@H](C)c1ccc(-c2cncs2)cc1)c1cc(C)no1.Cc1cc([C@H](C(=O)N2C[C@H](O)C[C@H]2C(=O)C[C@@H](C)c2ccc(-c3cncs3)cc2)C(C)C)on1.Cc1cc([C@H](C(=O)N2C[C@H](O)C[C@H]2C(=O)C[C@@H](C)c2ccc(-c3scnc3C)cc2)C(C)C)on1. The molecular weight excluding hydrogens is 1760 g/mol. The summed E-state index contributed by atoms with van der Waals surface area (Å²) in [5, 5.41) is 56.8. The Kier molecular flexibility index (Phi) is 33.9. The summed E-state index contributed by atoms with van der Waals surface area (Å²) in [6, 6.07) is 36.9. The molecule has 29 nitrogen and oxygen atoms in total. The van der Waals surface area contributed by atoms with Crippen LogP contribution in [0.4, 0.5) is 0 Å². The van der Waals surface area contributed by atoms with Gasteiger partial charge in [-0.2, -0.15) is 0 Å². The van der Waals surface area contributed by atoms with E-state index < -0.39 is 72.3 Å². The number of carbonyl (C=O) groups is 8. The highest BCUT2D eigenvalue weighted by molar-refractivity contribution is 7.13. The fourth-order valence-corrected chi connectivity index (χ4v) is 20.4. The second-order valence-corrected chi connectivity index (χ2v) is 39.2. The normalized spacial score (nSPS) is 19.8. The Morgan fingerprint density at radius 2 is 0.746 bits per heavy atom. The molecule has 0 unspecified atom stereocenters. The predicted octanol–water partition coefficient (Wildman–Crippen LogP) is 17.1. The summed E-state index contributed by atoms with van der Waals surface area (Å²) in [6.07, 6.45) is 7.77. The van der Waals surface area contributed by atoms with Crippen molar-refractivity contribution < 1.29 is 81.3 Å². The van der Waals surface area contributed by atoms with Crippen molar-refractivity contribution in [1.29, 1.82) is 0 Å². The van der Waals surface area contributed by atoms with Gasteiger partial charge in [0.2, 0.25) is 23.6 Å². The lowest BCUT2D eigenvalue weighted by Gasteiger charge is -2.29. The summed E-state index contributed by atoms with van der Waals surface area (Å²) in [5.74, 6) is -0.410. The van der Waals surface area contributed by atoms with Gasteiger partial charge in [0.1, 0.15) is 34.9 Å². The van der Waals surface area contributed by atoms with Gasteiger partial charge in [0, 0.05) is 120 Å². The van der Waals surface area contributed by atoms with Crippen LogP contribution in [0.15, 0.2) is 185 Å². The van der Waals surface area contributed by atoms with Crippen molar-refractivity contribution in [3.63, 3.8) is 0 Å². The standard InChI is InChI=1S/C27H33N3O4S.C26H31N3O4S.C25H29N3O4S.C24H27N3O5/c1-15(2)25(24-11-17(4)29-34-24)27(33)30-13-21(31)12-22(30)23(32)10-16(3)19-6-8-20(9-7-19)26-18(5)28-14-35-26;1-15(2)25(23-10-17(4)28-33-23)26(32)29-13-20(30)11-21(29)22(31)9-16(3)18-5-7-19(8-6-18)24-12-27-14-34-24;1-4-20(23-10-16(3)27-32-23)25(31)28-13-19(29)11-21(28)22(30)9-15(2)17-5-7-18(8-6-17)24-12-26-14-33-24;1-3-19(22-10-15(2)26-32-22)24(30)27-13-18(28)11-20(27)21(29)9-6-16-4-7-17(8-5-16)23-12-25-14-31-23/h6-9,11,14-16,21-22,25,31H,10,12-13H2,1-5H3;5-8,10,12,14-16,20-21,25,30H,9,11,13H2,1-4H3;5-8,10,12,14-15,19-21,29H,4,9,11,13H2,1-3H3;4-5,7-8,10,12,14,18-20,28H,3,6,9,11,13H2,1-2H3/t16-,21-,22+,25-;16-,20-,21+,25-;15-,19-,20-,21+;18-,19-,20+/m1111/s1. The average Bonchev–Trinajstić information content (AvgIpc) is 1.65. The first-order valence-corrected chi connectivity index (χ1v) is 48.6. The molecule has 12 aromatic rings. The second-order valence-electron chi connectivity index (χ2n) is 36.5. The number of carbonyl (C=O) groups excluding carboxylic acids is 8. The van der Waals surface area contributed by atoms with Crippen LogP contribution in [0.1, 0.15) is 242 Å². The number of aryl methyl sites for hydroxylation is 6. The maximum Gasteiger partial charge on any atom is 0.234 e. The van der Waals surface area contributed by atoms with E-state index in [1.807, 2.05) is 174 Å². The quantitative estimate of drug-likeness (QED) is 0.0304. The van der Waals surface area contributed by atoms with Gasteiger partial charge in [0.15, 0.2) is 35.3 Å². The van der Waals surface area contributed by atoms with Gasteiger partial charge >= 0.3 is 0 Å². The zero-order valence-corrected chi connectivity index (χ0v) is 80.6. The van der Waals surface area contributed by atoms with E-state index >= 15 is 0 Å². The van der Waals surface area contributed by atoms with E-state index in [2.05, 4.69) is 64.8 Å². The van der Waals surface area contributed by atoms with Crippen LogP contribution in [-0.2, 0) is 44.8 Å². The van der Waals surface area contributed by atoms with Gasteiger partial charge in [-0.25, -0.2) is 9.97 Å². The summed E-state index contributed by atoms with van der Waals surface area (Å²) in [6.45, 7) is 27.5. The highest BCUT2D eigenvalue weighted by Crippen LogP contribution is 2.40. The third-order valence-corrected chi connectivity index (χ3v) is 28.3. The van der Waals surface area contributed by atoms with Gasteiger partial charge in [-0.15, -0.1) is 34.0 Å². The van der Waals surface area contributed by atoms with Gasteiger partial charge in [-0.05, 0) is 122 Å². The molecule has 32 heteroatoms. The average molecular weight is 1880 g/mol. The zero-order chi connectivity index (χ0) is 95.9. The zero-order valence-electron chi connectivity index (χ0n) is 78.2. The Hall–Kier alpha value is -11.8. The van der Waals surface area contributed by atoms with Crippen molar-refractivity contribution in [2.45, 2.75) is 258 Å². The number of oxazole rings is 1. The number of aliphatic hydroxyl groups excluding tert-OH is 4. The van der Waals surface area contributed by atoms with Gasteiger partial charge in [-0.3, -0.25) is 48.3 Å². The number of hydrogen-bond donors (Lipinski definition) is 4. The van der Waals surface area contributed by atoms with E-state index in [0.717, 1.165) is 64.8 Å². The lowest BCUT2D eigenvalue weighted by molar-refractivity contribution is -0.140. The minimum Gasteiger partial charge on any atom is -0.444 e. The first kappa shape index (κ1) is 99.7. The smallest absolute Gasteiger partial charge is 0.234 e. The highest BCUT2D eigenvalue weighted by Gasteiger charge is 2.48. The lowest BCUT2D eigenvalue weighted by Crippen LogP contribution is -2.44. The Morgan fingerprint density at radius 3 is 1.05 bits per heavy atom. The van der Waals surface area contributed by atoms with E-state index in [0.29, 0.717) is 96.5 Å². The summed E-state index contributed by atoms with van der Waals surface area (Å²) >= 11 is 4.79. The number of aromatic nitrogens is 8. The van der Waals surface area contributed by atoms with Crippen molar-refractivity contribution >= 4 is 80.8 Å². The molecule has 8 aromatic heterocycles. The molecule has 15 atom stereocenters. The molecule has 4 fully saturated rings. The number of aliphatic hydroxyl groups is 4. The number of hydrogen-bond acceptors (Lipinski definition) is 28. The Morgan fingerprint density at radius 1 is 0.403 bits per heavy atom. The fourth-order valence-electron chi connectivity index (χ4n) is 18.3. The van der Waals surface area contributed by atoms with E-state index in [1.54, 1.807) is 104 Å². The Balaban J connectivity index is 0.000000152. The second kappa shape index (κ2) is 45.5. The van der Waals surface area contributed by atoms with Gasteiger partial charge in [-0.1, -0.05) is 180 Å². The molecule has 4 aliphatic heterocycles. The van der Waals surface area contributed by atoms with Crippen molar-refractivity contribution in [2.24, 2.45) is 11.8 Å². The summed E-state index contributed by atoms with van der Waals surface area (Å²) < 4.78 is 26.7. The Bertz CT molecular complexity index is 5890. The van der Waals surface area contributed by atoms with E-state index in [4.69, 9.17) is 22.5 Å². The molecule has 708 valence electrons. The number of likely N-dealkylation sites (tertiary alicyclic amines) is 4. The third kappa shape index (κ3) is 24.5. The minimum atomic E-state index is -0.714. The van der Waals surface area contributed by atoms with Gasteiger partial charge < -0.3 is 62.5 Å². The first-order valence-electron chi connectivity index (χ1n) is 46.0. The molecule has 0 bridgehead atoms. The number of benzene rings is 4. The van der Waals surface area contributed by atoms with Crippen LogP contribution in [0, 0.1) is 46.5 Å². The molecule has 0 saturated carbocycles. The molecule has 0 radical (unpaired) electrons. The molecule has 12 heterocycles. The molecule has 4 aliphatic rings. The van der Waals surface area contributed by atoms with E-state index in [9.17, 15) is 58.8 Å². The molecule has 0 spiro atoms. The lowest BCUT2D eigenvalue weighted by atomic mass is 9.89. The van der Waals surface area contributed by atoms with Crippen LogP contribution >= 0.6 is 34.0 Å². The van der Waals surface area contributed by atoms with Crippen molar-refractivity contribution in [3.8, 4) is 42.6 Å².